The second kappa shape index (κ2) is 31.1. The Bertz CT molecular complexity index is 583. The first kappa shape index (κ1) is 40.6. The van der Waals surface area contributed by atoms with Gasteiger partial charge in [0, 0.05) is 0 Å². The average Bonchev–Trinajstić information content (AvgIpc) is 2.98. The maximum atomic E-state index is 2.37. The van der Waals surface area contributed by atoms with Crippen molar-refractivity contribution in [3.05, 3.63) is 35.4 Å². The molecule has 0 N–H and O–H groups in total. The van der Waals surface area contributed by atoms with Crippen molar-refractivity contribution in [2.45, 2.75) is 196 Å². The SMILES string of the molecule is CCCCCCCCCCCCCC[PH](CCCCCC)(CCCCCC)CCCCCC.Cc1ccccc1C. The van der Waals surface area contributed by atoms with E-state index in [1.54, 1.807) is 50.3 Å². The number of aryl methyl sites for hydroxylation is 2. The van der Waals surface area contributed by atoms with E-state index in [0.29, 0.717) is 0 Å². The molecule has 1 heteroatoms. The first-order chi connectivity index (χ1) is 20.0. The molecule has 41 heavy (non-hydrogen) atoms. The van der Waals surface area contributed by atoms with Gasteiger partial charge in [-0.25, -0.2) is 0 Å². The van der Waals surface area contributed by atoms with Crippen LogP contribution in [0.3, 0.4) is 0 Å². The zero-order valence-corrected chi connectivity index (χ0v) is 30.6. The summed E-state index contributed by atoms with van der Waals surface area (Å²) in [4.78, 5) is 0. The summed E-state index contributed by atoms with van der Waals surface area (Å²) in [5, 5.41) is 0. The van der Waals surface area contributed by atoms with Crippen LogP contribution in [-0.2, 0) is 0 Å². The largest absolute Gasteiger partial charge is 0.0620 e. The third-order valence-corrected chi connectivity index (χ3v) is 15.3. The summed E-state index contributed by atoms with van der Waals surface area (Å²) in [7, 11) is -1.04. The van der Waals surface area contributed by atoms with Gasteiger partial charge in [-0.3, -0.25) is 0 Å². The van der Waals surface area contributed by atoms with Crippen molar-refractivity contribution in [3.63, 3.8) is 0 Å². The molecule has 0 heterocycles. The van der Waals surface area contributed by atoms with Crippen molar-refractivity contribution < 1.29 is 0 Å². The van der Waals surface area contributed by atoms with Gasteiger partial charge in [0.25, 0.3) is 0 Å². The van der Waals surface area contributed by atoms with Crippen LogP contribution in [0.5, 0.6) is 0 Å². The number of unbranched alkanes of at least 4 members (excludes halogenated alkanes) is 20. The molecule has 1 rings (SSSR count). The van der Waals surface area contributed by atoms with Gasteiger partial charge in [0.15, 0.2) is 0 Å². The fourth-order valence-corrected chi connectivity index (χ4v) is 12.0. The normalized spacial score (nSPS) is 11.9. The summed E-state index contributed by atoms with van der Waals surface area (Å²) < 4.78 is 0. The third-order valence-electron chi connectivity index (χ3n) is 9.67. The summed E-state index contributed by atoms with van der Waals surface area (Å²) in [5.41, 5.74) is 2.74. The molecule has 0 fully saturated rings. The van der Waals surface area contributed by atoms with Gasteiger partial charge in [0.1, 0.15) is 0 Å². The summed E-state index contributed by atoms with van der Waals surface area (Å²) in [5.74, 6) is 0. The van der Waals surface area contributed by atoms with Gasteiger partial charge in [-0.05, 0) is 25.0 Å². The number of hydrogen-bond acceptors (Lipinski definition) is 0. The maximum absolute atomic E-state index is 2.37. The predicted molar refractivity (Wildman–Crippen MR) is 197 cm³/mol. The van der Waals surface area contributed by atoms with Crippen LogP contribution in [0.2, 0.25) is 0 Å². The molecule has 0 nitrogen and oxygen atoms in total. The Kier molecular flexibility index (Phi) is 30.8. The summed E-state index contributed by atoms with van der Waals surface area (Å²) >= 11 is 0. The van der Waals surface area contributed by atoms with Crippen molar-refractivity contribution in [3.8, 4) is 0 Å². The number of benzene rings is 1. The molecule has 1 aromatic rings. The van der Waals surface area contributed by atoms with Gasteiger partial charge in [0.05, 0.1) is 0 Å². The third kappa shape index (κ3) is 25.8. The zero-order chi connectivity index (χ0) is 30.3. The van der Waals surface area contributed by atoms with E-state index >= 15 is 0 Å². The first-order valence-corrected chi connectivity index (χ1v) is 21.9. The molecule has 0 aromatic heterocycles. The van der Waals surface area contributed by atoms with Crippen LogP contribution in [0.4, 0.5) is 0 Å². The first-order valence-electron chi connectivity index (χ1n) is 19.1. The van der Waals surface area contributed by atoms with Crippen molar-refractivity contribution in [1.29, 1.82) is 0 Å². The minimum atomic E-state index is -1.04. The predicted octanol–water partition coefficient (Wildman–Crippen LogP) is 14.5. The summed E-state index contributed by atoms with van der Waals surface area (Å²) in [6.07, 6.45) is 42.3. The van der Waals surface area contributed by atoms with E-state index in [1.165, 1.54) is 140 Å². The van der Waals surface area contributed by atoms with Crippen molar-refractivity contribution in [1.82, 2.24) is 0 Å². The Hall–Kier alpha value is -0.350. The number of rotatable bonds is 28. The van der Waals surface area contributed by atoms with E-state index in [-0.39, 0.29) is 0 Å². The van der Waals surface area contributed by atoms with Crippen LogP contribution in [-0.4, -0.2) is 24.6 Å². The molecular formula is C40H79P. The molecule has 244 valence electrons. The molecule has 0 amide bonds. The van der Waals surface area contributed by atoms with E-state index in [9.17, 15) is 0 Å². The molecule has 0 radical (unpaired) electrons. The smallest absolute Gasteiger partial charge is 0.0395 e. The topological polar surface area (TPSA) is 0 Å². The van der Waals surface area contributed by atoms with Crippen LogP contribution in [0.1, 0.15) is 193 Å². The molecule has 0 aliphatic heterocycles. The van der Waals surface area contributed by atoms with Crippen LogP contribution in [0.15, 0.2) is 24.3 Å². The summed E-state index contributed by atoms with van der Waals surface area (Å²) in [6, 6.07) is 8.36. The van der Waals surface area contributed by atoms with Crippen molar-refractivity contribution >= 4 is 7.26 Å². The molecule has 0 spiro atoms. The van der Waals surface area contributed by atoms with Gasteiger partial charge in [0.2, 0.25) is 0 Å². The Morgan fingerprint density at radius 2 is 0.561 bits per heavy atom. The van der Waals surface area contributed by atoms with Gasteiger partial charge >= 0.3 is 200 Å². The van der Waals surface area contributed by atoms with Crippen LogP contribution >= 0.6 is 7.26 Å². The average molecular weight is 591 g/mol. The second-order valence-electron chi connectivity index (χ2n) is 13.7. The standard InChI is InChI=1S/C32H69P.C8H10/c1-5-9-13-17-18-19-20-21-22-23-24-28-32-33(29-25-14-10-6-2,30-26-15-11-7-3)31-27-16-12-8-4;1-7-5-3-4-6-8(7)2/h33H,5-32H2,1-4H3;3-6H,1-2H3. The van der Waals surface area contributed by atoms with E-state index < -0.39 is 7.26 Å². The molecule has 0 saturated carbocycles. The van der Waals surface area contributed by atoms with Crippen molar-refractivity contribution in [2.24, 2.45) is 0 Å². The molecule has 0 saturated heterocycles. The summed E-state index contributed by atoms with van der Waals surface area (Å²) in [6.45, 7) is 13.7. The Morgan fingerprint density at radius 3 is 0.805 bits per heavy atom. The minimum Gasteiger partial charge on any atom is -0.0620 e. The molecular weight excluding hydrogens is 511 g/mol. The molecule has 0 unspecified atom stereocenters. The fourth-order valence-electron chi connectivity index (χ4n) is 6.53. The Labute approximate surface area is 262 Å². The minimum absolute atomic E-state index is 1.04. The van der Waals surface area contributed by atoms with Gasteiger partial charge in [-0.1, -0.05) is 37.6 Å². The van der Waals surface area contributed by atoms with Gasteiger partial charge in [-0.2, -0.15) is 0 Å². The van der Waals surface area contributed by atoms with E-state index in [1.807, 2.05) is 0 Å². The van der Waals surface area contributed by atoms with Crippen LogP contribution in [0.25, 0.3) is 0 Å². The van der Waals surface area contributed by atoms with Gasteiger partial charge < -0.3 is 0 Å². The van der Waals surface area contributed by atoms with Crippen LogP contribution in [0, 0.1) is 13.8 Å². The molecule has 0 atom stereocenters. The Balaban J connectivity index is 0.00000170. The van der Waals surface area contributed by atoms with E-state index in [2.05, 4.69) is 65.8 Å². The molecule has 0 aliphatic rings. The molecule has 1 aromatic carbocycles. The second-order valence-corrected chi connectivity index (χ2v) is 18.7. The van der Waals surface area contributed by atoms with E-state index in [0.717, 1.165) is 0 Å². The van der Waals surface area contributed by atoms with Crippen LogP contribution < -0.4 is 0 Å². The Morgan fingerprint density at radius 1 is 0.341 bits per heavy atom. The monoisotopic (exact) mass is 591 g/mol. The quantitative estimate of drug-likeness (QED) is 0.0672. The van der Waals surface area contributed by atoms with Crippen molar-refractivity contribution in [2.75, 3.05) is 24.6 Å². The van der Waals surface area contributed by atoms with E-state index in [4.69, 9.17) is 0 Å². The fraction of sp³-hybridized carbons (Fsp3) is 0.850. The maximum Gasteiger partial charge on any atom is -0.0395 e. The zero-order valence-electron chi connectivity index (χ0n) is 29.6. The molecule has 0 aliphatic carbocycles. The number of hydrogen-bond donors (Lipinski definition) is 0. The molecule has 0 bridgehead atoms. The van der Waals surface area contributed by atoms with Gasteiger partial charge in [-0.15, -0.1) is 0 Å².